The summed E-state index contributed by atoms with van der Waals surface area (Å²) < 4.78 is 11.2. The molecule has 2 atom stereocenters. The summed E-state index contributed by atoms with van der Waals surface area (Å²) >= 11 is 6.30. The number of allylic oxidation sites excluding steroid dienone is 2. The molecule has 3 aliphatic rings. The molecule has 0 saturated heterocycles. The number of aliphatic imine (C=N–C) groups is 1. The maximum atomic E-state index is 13.4. The van der Waals surface area contributed by atoms with Gasteiger partial charge in [-0.2, -0.15) is 0 Å². The lowest BCUT2D eigenvalue weighted by Crippen LogP contribution is -2.40. The first-order valence-electron chi connectivity index (χ1n) is 11.2. The van der Waals surface area contributed by atoms with Gasteiger partial charge in [0.2, 0.25) is 0 Å². The Morgan fingerprint density at radius 1 is 1.22 bits per heavy atom. The van der Waals surface area contributed by atoms with Gasteiger partial charge in [-0.05, 0) is 62.1 Å². The van der Waals surface area contributed by atoms with Gasteiger partial charge in [0.15, 0.2) is 17.3 Å². The zero-order chi connectivity index (χ0) is 23.2. The van der Waals surface area contributed by atoms with E-state index in [2.05, 4.69) is 13.8 Å². The molecule has 6 nitrogen and oxygen atoms in total. The van der Waals surface area contributed by atoms with Gasteiger partial charge < -0.3 is 14.6 Å². The summed E-state index contributed by atoms with van der Waals surface area (Å²) in [5.74, 6) is -1.68. The fraction of sp³-hybridized carbons (Fsp3) is 0.560. The lowest BCUT2D eigenvalue weighted by Gasteiger charge is -2.39. The number of carbonyl (C=O) groups excluding carboxylic acids is 2. The molecule has 1 heterocycles. The van der Waals surface area contributed by atoms with Crippen LogP contribution in [-0.2, 0) is 14.3 Å². The van der Waals surface area contributed by atoms with Crippen molar-refractivity contribution in [3.05, 3.63) is 34.0 Å². The third-order valence-electron chi connectivity index (χ3n) is 6.77. The number of halogens is 1. The van der Waals surface area contributed by atoms with Crippen molar-refractivity contribution in [3.8, 4) is 11.5 Å². The Bertz CT molecular complexity index is 1020. The lowest BCUT2D eigenvalue weighted by molar-refractivity contribution is -0.151. The van der Waals surface area contributed by atoms with E-state index >= 15 is 0 Å². The molecular formula is C25H30ClNO5. The van der Waals surface area contributed by atoms with Crippen LogP contribution < -0.4 is 4.74 Å². The standard InChI is InChI=1S/C25H30ClNO5/c1-13-20(24(30)32-15-7-5-6-8-15)21(14-9-16(26)23(29)19(10-14)31-4)22-17(27-13)11-25(2,3)12-18(22)28/h9-10,15,20-21,29H,5-8,11-12H2,1-4H3/t20?,21-/m0/s1. The number of Topliss-reactive ketones (excluding diaryl/α,β-unsaturated/α-hetero) is 1. The van der Waals surface area contributed by atoms with Gasteiger partial charge >= 0.3 is 5.97 Å². The van der Waals surface area contributed by atoms with Crippen LogP contribution in [-0.4, -0.2) is 35.8 Å². The van der Waals surface area contributed by atoms with E-state index in [0.29, 0.717) is 29.7 Å². The van der Waals surface area contributed by atoms with Crippen molar-refractivity contribution in [1.29, 1.82) is 0 Å². The molecule has 1 aromatic rings. The van der Waals surface area contributed by atoms with Crippen molar-refractivity contribution >= 4 is 29.1 Å². The van der Waals surface area contributed by atoms with Gasteiger partial charge in [-0.25, -0.2) is 0 Å². The van der Waals surface area contributed by atoms with E-state index in [9.17, 15) is 14.7 Å². The van der Waals surface area contributed by atoms with Crippen molar-refractivity contribution in [1.82, 2.24) is 0 Å². The Morgan fingerprint density at radius 2 is 1.91 bits per heavy atom. The molecule has 0 radical (unpaired) electrons. The van der Waals surface area contributed by atoms with Crippen LogP contribution in [0.4, 0.5) is 0 Å². The monoisotopic (exact) mass is 459 g/mol. The molecule has 4 rings (SSSR count). The molecule has 1 aliphatic heterocycles. The van der Waals surface area contributed by atoms with Crippen LogP contribution in [0.3, 0.4) is 0 Å². The summed E-state index contributed by atoms with van der Waals surface area (Å²) in [6.07, 6.45) is 4.75. The van der Waals surface area contributed by atoms with E-state index in [1.54, 1.807) is 12.1 Å². The minimum absolute atomic E-state index is 0.0145. The molecule has 172 valence electrons. The highest BCUT2D eigenvalue weighted by Crippen LogP contribution is 2.50. The molecule has 0 aromatic heterocycles. The van der Waals surface area contributed by atoms with Crippen LogP contribution in [0.2, 0.25) is 5.02 Å². The Kier molecular flexibility index (Phi) is 6.10. The van der Waals surface area contributed by atoms with E-state index in [4.69, 9.17) is 26.1 Å². The average molecular weight is 460 g/mol. The molecule has 1 N–H and O–H groups in total. The molecule has 1 unspecified atom stereocenters. The fourth-order valence-corrected chi connectivity index (χ4v) is 5.50. The second-order valence-electron chi connectivity index (χ2n) is 9.91. The zero-order valence-corrected chi connectivity index (χ0v) is 19.8. The van der Waals surface area contributed by atoms with Gasteiger partial charge in [-0.15, -0.1) is 0 Å². The molecular weight excluding hydrogens is 430 g/mol. The van der Waals surface area contributed by atoms with Crippen LogP contribution in [0.25, 0.3) is 0 Å². The van der Waals surface area contributed by atoms with Crippen LogP contribution in [0.1, 0.15) is 70.8 Å². The van der Waals surface area contributed by atoms with Crippen LogP contribution in [0.5, 0.6) is 11.5 Å². The Morgan fingerprint density at radius 3 is 2.56 bits per heavy atom. The number of ketones is 1. The van der Waals surface area contributed by atoms with Crippen molar-refractivity contribution in [3.63, 3.8) is 0 Å². The van der Waals surface area contributed by atoms with E-state index in [1.165, 1.54) is 7.11 Å². The number of carbonyl (C=O) groups is 2. The van der Waals surface area contributed by atoms with Crippen molar-refractivity contribution in [2.75, 3.05) is 7.11 Å². The molecule has 0 spiro atoms. The third-order valence-corrected chi connectivity index (χ3v) is 7.06. The second kappa shape index (κ2) is 8.54. The van der Waals surface area contributed by atoms with Crippen LogP contribution in [0.15, 0.2) is 28.4 Å². The summed E-state index contributed by atoms with van der Waals surface area (Å²) in [6, 6.07) is 3.26. The number of phenolic OH excluding ortho intramolecular Hbond substituents is 1. The molecule has 1 aromatic carbocycles. The predicted molar refractivity (Wildman–Crippen MR) is 122 cm³/mol. The summed E-state index contributed by atoms with van der Waals surface area (Å²) in [7, 11) is 1.44. The topological polar surface area (TPSA) is 85.2 Å². The Balaban J connectivity index is 1.84. The predicted octanol–water partition coefficient (Wildman–Crippen LogP) is 5.36. The van der Waals surface area contributed by atoms with Crippen molar-refractivity contribution in [2.45, 2.75) is 71.3 Å². The van der Waals surface area contributed by atoms with Gasteiger partial charge in [0, 0.05) is 29.3 Å². The SMILES string of the molecule is COc1cc([C@@H]2C3=C(CC(C)(C)CC3=O)N=C(C)C2C(=O)OC2CCCC2)cc(Cl)c1O. The average Bonchev–Trinajstić information content (AvgIpc) is 3.20. The summed E-state index contributed by atoms with van der Waals surface area (Å²) in [5, 5.41) is 10.3. The molecule has 0 bridgehead atoms. The maximum Gasteiger partial charge on any atom is 0.315 e. The largest absolute Gasteiger partial charge is 0.503 e. The summed E-state index contributed by atoms with van der Waals surface area (Å²) in [5.41, 5.74) is 2.33. The minimum Gasteiger partial charge on any atom is -0.503 e. The molecule has 2 aliphatic carbocycles. The number of methoxy groups -OCH3 is 1. The first-order chi connectivity index (χ1) is 15.1. The van der Waals surface area contributed by atoms with Gasteiger partial charge in [0.05, 0.1) is 12.1 Å². The number of hydrogen-bond acceptors (Lipinski definition) is 6. The van der Waals surface area contributed by atoms with Crippen LogP contribution in [0, 0.1) is 11.3 Å². The van der Waals surface area contributed by atoms with Gasteiger partial charge in [-0.1, -0.05) is 25.4 Å². The number of nitrogens with zero attached hydrogens (tertiary/aromatic N) is 1. The quantitative estimate of drug-likeness (QED) is 0.613. The van der Waals surface area contributed by atoms with E-state index in [0.717, 1.165) is 31.4 Å². The molecule has 32 heavy (non-hydrogen) atoms. The van der Waals surface area contributed by atoms with Crippen LogP contribution >= 0.6 is 11.6 Å². The van der Waals surface area contributed by atoms with Gasteiger partial charge in [0.25, 0.3) is 0 Å². The van der Waals surface area contributed by atoms with Crippen molar-refractivity contribution in [2.24, 2.45) is 16.3 Å². The first kappa shape index (κ1) is 22.8. The smallest absolute Gasteiger partial charge is 0.315 e. The normalized spacial score (nSPS) is 25.4. The number of aromatic hydroxyl groups is 1. The number of hydrogen-bond donors (Lipinski definition) is 1. The zero-order valence-electron chi connectivity index (χ0n) is 19.0. The maximum absolute atomic E-state index is 13.4. The molecule has 1 saturated carbocycles. The number of esters is 1. The van der Waals surface area contributed by atoms with E-state index < -0.39 is 11.8 Å². The highest BCUT2D eigenvalue weighted by molar-refractivity contribution is 6.32. The fourth-order valence-electron chi connectivity index (χ4n) is 5.28. The molecule has 0 amide bonds. The summed E-state index contributed by atoms with van der Waals surface area (Å²) in [6.45, 7) is 5.92. The Labute approximate surface area is 193 Å². The first-order valence-corrected chi connectivity index (χ1v) is 11.6. The number of rotatable bonds is 4. The van der Waals surface area contributed by atoms with Gasteiger partial charge in [-0.3, -0.25) is 14.6 Å². The van der Waals surface area contributed by atoms with Gasteiger partial charge in [0.1, 0.15) is 12.0 Å². The number of phenols is 1. The number of benzene rings is 1. The second-order valence-corrected chi connectivity index (χ2v) is 10.3. The molecule has 7 heteroatoms. The number of ether oxygens (including phenoxy) is 2. The summed E-state index contributed by atoms with van der Waals surface area (Å²) in [4.78, 5) is 31.5. The van der Waals surface area contributed by atoms with Crippen molar-refractivity contribution < 1.29 is 24.2 Å². The highest BCUT2D eigenvalue weighted by atomic mass is 35.5. The minimum atomic E-state index is -0.732. The third kappa shape index (κ3) is 4.17. The molecule has 1 fully saturated rings. The highest BCUT2D eigenvalue weighted by Gasteiger charge is 2.46. The Hall–Kier alpha value is -2.34. The van der Waals surface area contributed by atoms with E-state index in [1.807, 2.05) is 6.92 Å². The lowest BCUT2D eigenvalue weighted by atomic mass is 9.67. The van der Waals surface area contributed by atoms with E-state index in [-0.39, 0.29) is 39.8 Å².